The van der Waals surface area contributed by atoms with Crippen LogP contribution in [0.1, 0.15) is 13.8 Å². The summed E-state index contributed by atoms with van der Waals surface area (Å²) in [6, 6.07) is 0. The van der Waals surface area contributed by atoms with Crippen LogP contribution in [0.25, 0.3) is 0 Å². The minimum Gasteiger partial charge on any atom is -0.316 e. The van der Waals surface area contributed by atoms with E-state index in [0.717, 1.165) is 6.54 Å². The van der Waals surface area contributed by atoms with Gasteiger partial charge in [0, 0.05) is 0 Å². The van der Waals surface area contributed by atoms with E-state index in [-0.39, 0.29) is 6.17 Å². The maximum absolute atomic E-state index is 5.47. The van der Waals surface area contributed by atoms with E-state index in [0.29, 0.717) is 0 Å². The summed E-state index contributed by atoms with van der Waals surface area (Å²) >= 11 is 0. The van der Waals surface area contributed by atoms with Crippen molar-refractivity contribution in [2.45, 2.75) is 20.0 Å². The Bertz CT molecular complexity index is 43.3. The third-order valence-electron chi connectivity index (χ3n) is 1.19. The lowest BCUT2D eigenvalue weighted by Gasteiger charge is -2.17. The van der Waals surface area contributed by atoms with Gasteiger partial charge in [0.15, 0.2) is 0 Å². The molecule has 1 atom stereocenters. The molecule has 0 spiro atoms. The van der Waals surface area contributed by atoms with Crippen molar-refractivity contribution >= 4 is 0 Å². The Kier molecular flexibility index (Phi) is 2.96. The summed E-state index contributed by atoms with van der Waals surface area (Å²) in [6.45, 7) is 5.09. The zero-order valence-corrected chi connectivity index (χ0v) is 5.31. The molecule has 0 rings (SSSR count). The first-order valence-electron chi connectivity index (χ1n) is 2.64. The van der Waals surface area contributed by atoms with Crippen LogP contribution in [0.5, 0.6) is 0 Å². The van der Waals surface area contributed by atoms with Gasteiger partial charge >= 0.3 is 0 Å². The molecule has 0 aliphatic carbocycles. The van der Waals surface area contributed by atoms with Crippen LogP contribution in [0.15, 0.2) is 0 Å². The predicted octanol–water partition coefficient (Wildman–Crippen LogP) is 0.243. The van der Waals surface area contributed by atoms with Crippen LogP contribution < -0.4 is 5.73 Å². The number of rotatable bonds is 2. The van der Waals surface area contributed by atoms with Gasteiger partial charge in [-0.1, -0.05) is 6.92 Å². The van der Waals surface area contributed by atoms with Gasteiger partial charge in [-0.2, -0.15) is 0 Å². The highest BCUT2D eigenvalue weighted by molar-refractivity contribution is 4.49. The van der Waals surface area contributed by atoms with E-state index in [1.807, 2.05) is 14.0 Å². The fraction of sp³-hybridized carbons (Fsp3) is 1.00. The molecule has 0 aromatic rings. The van der Waals surface area contributed by atoms with Crippen LogP contribution in [-0.2, 0) is 0 Å². The van der Waals surface area contributed by atoms with Crippen LogP contribution in [0.4, 0.5) is 0 Å². The number of nitrogens with zero attached hydrogens (tertiary/aromatic N) is 1. The second-order valence-electron chi connectivity index (χ2n) is 1.81. The van der Waals surface area contributed by atoms with Crippen LogP contribution >= 0.6 is 0 Å². The van der Waals surface area contributed by atoms with Crippen molar-refractivity contribution < 1.29 is 0 Å². The van der Waals surface area contributed by atoms with Crippen LogP contribution in [0.3, 0.4) is 0 Å². The van der Waals surface area contributed by atoms with Crippen molar-refractivity contribution in [2.24, 2.45) is 5.73 Å². The molecule has 2 N–H and O–H groups in total. The molecule has 0 aromatic heterocycles. The smallest absolute Gasteiger partial charge is 0.0539 e. The SMILES string of the molecule is CCN(C)C(C)N. The molecule has 1 unspecified atom stereocenters. The quantitative estimate of drug-likeness (QED) is 0.506. The van der Waals surface area contributed by atoms with E-state index in [4.69, 9.17) is 5.73 Å². The Labute approximate surface area is 45.3 Å². The molecular formula is C5H14N2. The topological polar surface area (TPSA) is 29.3 Å². The summed E-state index contributed by atoms with van der Waals surface area (Å²) in [5, 5.41) is 0. The first-order valence-corrected chi connectivity index (χ1v) is 2.64. The zero-order chi connectivity index (χ0) is 5.86. The van der Waals surface area contributed by atoms with E-state index in [1.165, 1.54) is 0 Å². The lowest BCUT2D eigenvalue weighted by atomic mass is 10.5. The van der Waals surface area contributed by atoms with Gasteiger partial charge in [-0.25, -0.2) is 0 Å². The van der Waals surface area contributed by atoms with Gasteiger partial charge in [-0.05, 0) is 20.5 Å². The molecule has 2 heteroatoms. The highest BCUT2D eigenvalue weighted by Gasteiger charge is 1.96. The van der Waals surface area contributed by atoms with E-state index < -0.39 is 0 Å². The van der Waals surface area contributed by atoms with Crippen molar-refractivity contribution in [3.05, 3.63) is 0 Å². The number of hydrogen-bond acceptors (Lipinski definition) is 2. The maximum atomic E-state index is 5.47. The van der Waals surface area contributed by atoms with Crippen molar-refractivity contribution in [1.82, 2.24) is 4.90 Å². The largest absolute Gasteiger partial charge is 0.316 e. The number of hydrogen-bond donors (Lipinski definition) is 1. The first kappa shape index (κ1) is 6.92. The standard InChI is InChI=1S/C5H14N2/c1-4-7(3)5(2)6/h5H,4,6H2,1-3H3. The van der Waals surface area contributed by atoms with Gasteiger partial charge in [0.25, 0.3) is 0 Å². The number of nitrogens with two attached hydrogens (primary N) is 1. The van der Waals surface area contributed by atoms with Crippen molar-refractivity contribution in [3.8, 4) is 0 Å². The maximum Gasteiger partial charge on any atom is 0.0539 e. The van der Waals surface area contributed by atoms with E-state index in [2.05, 4.69) is 11.8 Å². The van der Waals surface area contributed by atoms with E-state index in [9.17, 15) is 0 Å². The van der Waals surface area contributed by atoms with Crippen LogP contribution in [0.2, 0.25) is 0 Å². The summed E-state index contributed by atoms with van der Waals surface area (Å²) in [6.07, 6.45) is 0.199. The first-order chi connectivity index (χ1) is 3.18. The molecular weight excluding hydrogens is 88.1 g/mol. The molecule has 0 amide bonds. The highest BCUT2D eigenvalue weighted by Crippen LogP contribution is 1.82. The lowest BCUT2D eigenvalue weighted by molar-refractivity contribution is 0.277. The summed E-state index contributed by atoms with van der Waals surface area (Å²) in [5.74, 6) is 0. The summed E-state index contributed by atoms with van der Waals surface area (Å²) in [7, 11) is 2.00. The highest BCUT2D eigenvalue weighted by atomic mass is 15.2. The molecule has 7 heavy (non-hydrogen) atoms. The minimum absolute atomic E-state index is 0.199. The molecule has 0 aliphatic rings. The monoisotopic (exact) mass is 102 g/mol. The van der Waals surface area contributed by atoms with Crippen molar-refractivity contribution in [3.63, 3.8) is 0 Å². The van der Waals surface area contributed by atoms with Crippen LogP contribution in [-0.4, -0.2) is 24.7 Å². The molecule has 0 saturated carbocycles. The third-order valence-corrected chi connectivity index (χ3v) is 1.19. The Balaban J connectivity index is 3.14. The molecule has 2 nitrogen and oxygen atoms in total. The van der Waals surface area contributed by atoms with Gasteiger partial charge < -0.3 is 5.73 Å². The van der Waals surface area contributed by atoms with Gasteiger partial charge in [0.1, 0.15) is 0 Å². The molecule has 0 aliphatic heterocycles. The second kappa shape index (κ2) is 2.99. The summed E-state index contributed by atoms with van der Waals surface area (Å²) in [4.78, 5) is 2.07. The summed E-state index contributed by atoms with van der Waals surface area (Å²) < 4.78 is 0. The van der Waals surface area contributed by atoms with Crippen molar-refractivity contribution in [2.75, 3.05) is 13.6 Å². The average Bonchev–Trinajstić information content (AvgIpc) is 1.65. The lowest BCUT2D eigenvalue weighted by Crippen LogP contribution is -2.35. The summed E-state index contributed by atoms with van der Waals surface area (Å²) in [5.41, 5.74) is 5.47. The van der Waals surface area contributed by atoms with E-state index >= 15 is 0 Å². The molecule has 0 bridgehead atoms. The van der Waals surface area contributed by atoms with Gasteiger partial charge in [0.2, 0.25) is 0 Å². The van der Waals surface area contributed by atoms with Gasteiger partial charge in [0.05, 0.1) is 6.17 Å². The Morgan fingerprint density at radius 1 is 1.71 bits per heavy atom. The van der Waals surface area contributed by atoms with Crippen LogP contribution in [0, 0.1) is 0 Å². The molecule has 0 aromatic carbocycles. The Hall–Kier alpha value is -0.0800. The fourth-order valence-electron chi connectivity index (χ4n) is 0.288. The average molecular weight is 102 g/mol. The molecule has 0 radical (unpaired) electrons. The minimum atomic E-state index is 0.199. The van der Waals surface area contributed by atoms with Crippen molar-refractivity contribution in [1.29, 1.82) is 0 Å². The van der Waals surface area contributed by atoms with Gasteiger partial charge in [-0.15, -0.1) is 0 Å². The normalized spacial score (nSPS) is 15.0. The molecule has 0 fully saturated rings. The predicted molar refractivity (Wildman–Crippen MR) is 32.0 cm³/mol. The molecule has 44 valence electrons. The van der Waals surface area contributed by atoms with Gasteiger partial charge in [-0.3, -0.25) is 4.90 Å². The Morgan fingerprint density at radius 2 is 2.14 bits per heavy atom. The molecule has 0 heterocycles. The van der Waals surface area contributed by atoms with E-state index in [1.54, 1.807) is 0 Å². The zero-order valence-electron chi connectivity index (χ0n) is 5.31. The third kappa shape index (κ3) is 2.60. The molecule has 0 saturated heterocycles. The fourth-order valence-corrected chi connectivity index (χ4v) is 0.288. The Morgan fingerprint density at radius 3 is 2.14 bits per heavy atom. The second-order valence-corrected chi connectivity index (χ2v) is 1.81.